The quantitative estimate of drug-likeness (QED) is 0.0321. The monoisotopic (exact) mass is 978 g/mol. The maximum Gasteiger partial charge on any atom is 0.306 e. The summed E-state index contributed by atoms with van der Waals surface area (Å²) < 4.78 is 5.90. The number of aliphatic hydroxyl groups excluding tert-OH is 2. The number of carbonyl (C=O) groups excluding carboxylic acids is 2. The van der Waals surface area contributed by atoms with Gasteiger partial charge in [-0.05, 0) is 77.0 Å². The number of hydrogen-bond donors (Lipinski definition) is 3. The second-order valence-electron chi connectivity index (χ2n) is 20.4. The van der Waals surface area contributed by atoms with Gasteiger partial charge in [0.15, 0.2) is 0 Å². The van der Waals surface area contributed by atoms with Gasteiger partial charge in [-0.2, -0.15) is 0 Å². The van der Waals surface area contributed by atoms with E-state index in [0.717, 1.165) is 64.2 Å². The van der Waals surface area contributed by atoms with Gasteiger partial charge in [-0.15, -0.1) is 0 Å². The summed E-state index contributed by atoms with van der Waals surface area (Å²) in [5.74, 6) is -0.574. The molecule has 0 saturated heterocycles. The molecule has 0 aromatic rings. The molecule has 0 rings (SSSR count). The molecular weight excluding hydrogens is 863 g/mol. The molecule has 0 aromatic heterocycles. The highest BCUT2D eigenvalue weighted by molar-refractivity contribution is 5.77. The predicted octanol–water partition coefficient (Wildman–Crippen LogP) is 18.9. The van der Waals surface area contributed by atoms with Gasteiger partial charge in [-0.1, -0.05) is 273 Å². The minimum atomic E-state index is -0.815. The van der Waals surface area contributed by atoms with E-state index in [4.69, 9.17) is 4.74 Å². The first-order chi connectivity index (χ1) is 34.5. The number of aliphatic hydroxyl groups is 2. The van der Waals surface area contributed by atoms with E-state index in [0.29, 0.717) is 19.3 Å². The Morgan fingerprint density at radius 3 is 1.17 bits per heavy atom. The molecule has 0 heterocycles. The van der Waals surface area contributed by atoms with Gasteiger partial charge in [0.1, 0.15) is 6.10 Å². The molecule has 406 valence electrons. The number of ether oxygens (including phenoxy) is 1. The molecule has 1 amide bonds. The van der Waals surface area contributed by atoms with Crippen LogP contribution in [0.15, 0.2) is 72.9 Å². The normalized spacial score (nSPS) is 13.6. The lowest BCUT2D eigenvalue weighted by molar-refractivity contribution is -0.150. The van der Waals surface area contributed by atoms with Gasteiger partial charge in [-0.3, -0.25) is 9.59 Å². The van der Waals surface area contributed by atoms with Crippen LogP contribution in [0.25, 0.3) is 0 Å². The summed E-state index contributed by atoms with van der Waals surface area (Å²) in [7, 11) is 0. The lowest BCUT2D eigenvalue weighted by Gasteiger charge is -2.24. The molecule has 3 atom stereocenters. The fourth-order valence-electron chi connectivity index (χ4n) is 8.91. The topological polar surface area (TPSA) is 95.9 Å². The first kappa shape index (κ1) is 67.3. The van der Waals surface area contributed by atoms with Crippen molar-refractivity contribution in [3.63, 3.8) is 0 Å². The van der Waals surface area contributed by atoms with E-state index in [1.165, 1.54) is 186 Å². The summed E-state index contributed by atoms with van der Waals surface area (Å²) >= 11 is 0. The van der Waals surface area contributed by atoms with E-state index in [-0.39, 0.29) is 24.9 Å². The number of esters is 1. The van der Waals surface area contributed by atoms with Crippen molar-refractivity contribution >= 4 is 11.9 Å². The standard InChI is InChI=1S/C64H115NO5/c1-4-7-10-13-16-19-22-25-28-30-31-33-36-39-42-45-48-51-54-57-64(69)70-60(55-52-49-46-43-40-37-34-27-24-21-18-15-12-9-6-3)58-63(68)65-61(59-66)62(67)56-53-50-47-44-41-38-35-32-29-26-23-20-17-14-11-8-5-2/h16,18-19,21,25,27-28,34,40,43,49,52,60-62,66-67H,4-15,17,20,22-24,26,29-33,35-39,41-42,44-48,50-51,53-59H2,1-3H3,(H,65,68)/b19-16-,21-18-,28-25-,34-27-,43-40-,52-49-. The SMILES string of the molecule is CCCCC/C=C\C/C=C\C/C=C\C/C=C\CC(CC(=O)NC(CO)C(O)CCCCCCCCCCCCCCCCCCC)OC(=O)CCCCCCCCCCC/C=C\C/C=C\CCCCC. The van der Waals surface area contributed by atoms with Crippen LogP contribution in [0.3, 0.4) is 0 Å². The van der Waals surface area contributed by atoms with Crippen molar-refractivity contribution in [2.24, 2.45) is 0 Å². The van der Waals surface area contributed by atoms with Crippen LogP contribution in [-0.4, -0.2) is 46.9 Å². The lowest BCUT2D eigenvalue weighted by atomic mass is 10.0. The molecule has 0 bridgehead atoms. The van der Waals surface area contributed by atoms with E-state index in [2.05, 4.69) is 92.9 Å². The zero-order chi connectivity index (χ0) is 50.9. The number of unbranched alkanes of at least 4 members (excludes halogenated alkanes) is 31. The number of hydrogen-bond acceptors (Lipinski definition) is 5. The van der Waals surface area contributed by atoms with Crippen LogP contribution in [0.4, 0.5) is 0 Å². The van der Waals surface area contributed by atoms with Crippen molar-refractivity contribution < 1.29 is 24.5 Å². The summed E-state index contributed by atoms with van der Waals surface area (Å²) in [6, 6.07) is -0.735. The van der Waals surface area contributed by atoms with Crippen LogP contribution < -0.4 is 5.32 Å². The van der Waals surface area contributed by atoms with Crippen LogP contribution >= 0.6 is 0 Å². The molecule has 6 heteroatoms. The Morgan fingerprint density at radius 2 is 0.757 bits per heavy atom. The van der Waals surface area contributed by atoms with Crippen LogP contribution in [-0.2, 0) is 14.3 Å². The third kappa shape index (κ3) is 51.6. The Kier molecular flexibility index (Phi) is 55.0. The molecule has 0 aliphatic carbocycles. The van der Waals surface area contributed by atoms with Crippen molar-refractivity contribution in [1.29, 1.82) is 0 Å². The Balaban J connectivity index is 4.62. The minimum Gasteiger partial charge on any atom is -0.461 e. The van der Waals surface area contributed by atoms with Crippen molar-refractivity contribution in [2.45, 2.75) is 315 Å². The second kappa shape index (κ2) is 57.2. The maximum absolute atomic E-state index is 13.3. The van der Waals surface area contributed by atoms with Gasteiger partial charge in [0.05, 0.1) is 25.2 Å². The Morgan fingerprint density at radius 1 is 0.429 bits per heavy atom. The highest BCUT2D eigenvalue weighted by atomic mass is 16.5. The Hall–Kier alpha value is -2.70. The van der Waals surface area contributed by atoms with Crippen LogP contribution in [0.5, 0.6) is 0 Å². The van der Waals surface area contributed by atoms with Gasteiger partial charge >= 0.3 is 5.97 Å². The fraction of sp³-hybridized carbons (Fsp3) is 0.781. The first-order valence-electron chi connectivity index (χ1n) is 30.2. The van der Waals surface area contributed by atoms with Gasteiger partial charge in [0, 0.05) is 12.8 Å². The molecule has 0 saturated carbocycles. The maximum atomic E-state index is 13.3. The van der Waals surface area contributed by atoms with Crippen molar-refractivity contribution in [3.8, 4) is 0 Å². The molecule has 0 radical (unpaired) electrons. The summed E-state index contributed by atoms with van der Waals surface area (Å²) in [5.41, 5.74) is 0. The molecule has 70 heavy (non-hydrogen) atoms. The molecule has 3 N–H and O–H groups in total. The van der Waals surface area contributed by atoms with Gasteiger partial charge in [0.25, 0.3) is 0 Å². The minimum absolute atomic E-state index is 0.00106. The lowest BCUT2D eigenvalue weighted by Crippen LogP contribution is -2.46. The number of allylic oxidation sites excluding steroid dienone is 11. The molecule has 0 aromatic carbocycles. The number of rotatable bonds is 54. The molecular formula is C64H115NO5. The van der Waals surface area contributed by atoms with Gasteiger partial charge in [-0.25, -0.2) is 0 Å². The van der Waals surface area contributed by atoms with Gasteiger partial charge in [0.2, 0.25) is 5.91 Å². The van der Waals surface area contributed by atoms with Gasteiger partial charge < -0.3 is 20.3 Å². The zero-order valence-corrected chi connectivity index (χ0v) is 46.4. The van der Waals surface area contributed by atoms with Crippen LogP contribution in [0, 0.1) is 0 Å². The summed E-state index contributed by atoms with van der Waals surface area (Å²) in [6.07, 6.45) is 74.1. The first-order valence-corrected chi connectivity index (χ1v) is 30.2. The Bertz CT molecular complexity index is 1280. The smallest absolute Gasteiger partial charge is 0.306 e. The third-order valence-electron chi connectivity index (χ3n) is 13.5. The Labute approximate surface area is 434 Å². The highest BCUT2D eigenvalue weighted by Gasteiger charge is 2.23. The van der Waals surface area contributed by atoms with E-state index in [1.54, 1.807) is 0 Å². The van der Waals surface area contributed by atoms with E-state index in [1.807, 2.05) is 6.08 Å². The summed E-state index contributed by atoms with van der Waals surface area (Å²) in [6.45, 7) is 6.43. The van der Waals surface area contributed by atoms with Crippen LogP contribution in [0.2, 0.25) is 0 Å². The summed E-state index contributed by atoms with van der Waals surface area (Å²) in [5, 5.41) is 23.9. The molecule has 0 spiro atoms. The van der Waals surface area contributed by atoms with Crippen molar-refractivity contribution in [2.75, 3.05) is 6.61 Å². The largest absolute Gasteiger partial charge is 0.461 e. The van der Waals surface area contributed by atoms with Crippen LogP contribution in [0.1, 0.15) is 297 Å². The highest BCUT2D eigenvalue weighted by Crippen LogP contribution is 2.17. The average molecular weight is 979 g/mol. The molecule has 0 aliphatic heterocycles. The second-order valence-corrected chi connectivity index (χ2v) is 20.4. The molecule has 6 nitrogen and oxygen atoms in total. The van der Waals surface area contributed by atoms with Crippen molar-refractivity contribution in [1.82, 2.24) is 5.32 Å². The molecule has 0 aliphatic rings. The van der Waals surface area contributed by atoms with E-state index < -0.39 is 18.2 Å². The fourth-order valence-corrected chi connectivity index (χ4v) is 8.91. The van der Waals surface area contributed by atoms with E-state index in [9.17, 15) is 19.8 Å². The predicted molar refractivity (Wildman–Crippen MR) is 305 cm³/mol. The zero-order valence-electron chi connectivity index (χ0n) is 46.4. The van der Waals surface area contributed by atoms with E-state index >= 15 is 0 Å². The third-order valence-corrected chi connectivity index (χ3v) is 13.5. The summed E-state index contributed by atoms with van der Waals surface area (Å²) in [4.78, 5) is 26.3. The average Bonchev–Trinajstić information content (AvgIpc) is 3.35. The van der Waals surface area contributed by atoms with Crippen molar-refractivity contribution in [3.05, 3.63) is 72.9 Å². The number of nitrogens with one attached hydrogen (secondary N) is 1. The molecule has 3 unspecified atom stereocenters. The number of carbonyl (C=O) groups is 2. The molecule has 0 fully saturated rings. The number of amides is 1.